The highest BCUT2D eigenvalue weighted by atomic mass is 32.2. The maximum Gasteiger partial charge on any atom is 0.260 e. The second-order valence-corrected chi connectivity index (χ2v) is 8.14. The molecule has 130 valence electrons. The van der Waals surface area contributed by atoms with Crippen molar-refractivity contribution in [1.82, 2.24) is 14.3 Å². The summed E-state index contributed by atoms with van der Waals surface area (Å²) in [4.78, 5) is 6.58. The molecule has 2 aromatic rings. The summed E-state index contributed by atoms with van der Waals surface area (Å²) in [5, 5.41) is 0.157. The molecular weight excluding hydrogens is 324 g/mol. The Balaban J connectivity index is 1.85. The third-order valence-electron chi connectivity index (χ3n) is 4.75. The van der Waals surface area contributed by atoms with E-state index >= 15 is 0 Å². The zero-order valence-electron chi connectivity index (χ0n) is 13.6. The van der Waals surface area contributed by atoms with Crippen molar-refractivity contribution in [2.24, 2.45) is 11.7 Å². The van der Waals surface area contributed by atoms with E-state index in [-0.39, 0.29) is 17.0 Å². The van der Waals surface area contributed by atoms with Crippen molar-refractivity contribution < 1.29 is 8.42 Å². The first-order valence-electron chi connectivity index (χ1n) is 8.37. The Labute approximate surface area is 143 Å². The summed E-state index contributed by atoms with van der Waals surface area (Å²) in [6.45, 7) is 1.01. The van der Waals surface area contributed by atoms with E-state index in [1.165, 1.54) is 18.1 Å². The van der Waals surface area contributed by atoms with Crippen LogP contribution in [0, 0.1) is 5.92 Å². The number of imidazole rings is 1. The van der Waals surface area contributed by atoms with Crippen LogP contribution in [-0.4, -0.2) is 41.8 Å². The average molecular weight is 348 g/mol. The van der Waals surface area contributed by atoms with Gasteiger partial charge in [0, 0.05) is 12.6 Å². The highest BCUT2D eigenvalue weighted by molar-refractivity contribution is 7.89. The third-order valence-corrected chi connectivity index (χ3v) is 6.60. The van der Waals surface area contributed by atoms with Crippen LogP contribution in [0.1, 0.15) is 24.8 Å². The monoisotopic (exact) mass is 348 g/mol. The molecule has 3 N–H and O–H groups in total. The van der Waals surface area contributed by atoms with E-state index in [0.29, 0.717) is 13.1 Å². The lowest BCUT2D eigenvalue weighted by atomic mass is 9.87. The van der Waals surface area contributed by atoms with E-state index in [1.54, 1.807) is 4.31 Å². The van der Waals surface area contributed by atoms with Gasteiger partial charge in [0.15, 0.2) is 5.03 Å². The number of piperidine rings is 1. The minimum Gasteiger partial charge on any atom is -0.335 e. The largest absolute Gasteiger partial charge is 0.335 e. The van der Waals surface area contributed by atoms with Gasteiger partial charge in [0.25, 0.3) is 10.0 Å². The van der Waals surface area contributed by atoms with Crippen molar-refractivity contribution in [3.63, 3.8) is 0 Å². The van der Waals surface area contributed by atoms with E-state index in [4.69, 9.17) is 5.73 Å². The van der Waals surface area contributed by atoms with Crippen LogP contribution < -0.4 is 5.73 Å². The van der Waals surface area contributed by atoms with Crippen LogP contribution in [-0.2, 0) is 16.4 Å². The summed E-state index contributed by atoms with van der Waals surface area (Å²) in [6, 6.07) is 10.1. The van der Waals surface area contributed by atoms with Gasteiger partial charge in [0.05, 0.1) is 12.5 Å². The Kier molecular flexibility index (Phi) is 5.33. The number of nitrogens with zero attached hydrogens (tertiary/aromatic N) is 2. The molecule has 7 heteroatoms. The van der Waals surface area contributed by atoms with Gasteiger partial charge in [-0.3, -0.25) is 0 Å². The highest BCUT2D eigenvalue weighted by Crippen LogP contribution is 2.30. The summed E-state index contributed by atoms with van der Waals surface area (Å²) in [5.41, 5.74) is 7.23. The fourth-order valence-corrected chi connectivity index (χ4v) is 5.16. The van der Waals surface area contributed by atoms with Crippen LogP contribution in [0.15, 0.2) is 47.9 Å². The fraction of sp³-hybridized carbons (Fsp3) is 0.471. The molecule has 0 radical (unpaired) electrons. The Hall–Kier alpha value is -1.70. The zero-order chi connectivity index (χ0) is 17.0. The van der Waals surface area contributed by atoms with Crippen molar-refractivity contribution in [2.45, 2.75) is 36.8 Å². The minimum atomic E-state index is -3.56. The van der Waals surface area contributed by atoms with Crippen molar-refractivity contribution in [3.05, 3.63) is 48.4 Å². The molecule has 0 saturated carbocycles. The summed E-state index contributed by atoms with van der Waals surface area (Å²) in [5.74, 6) is 0.102. The third kappa shape index (κ3) is 3.53. The molecule has 1 aromatic carbocycles. The predicted molar refractivity (Wildman–Crippen MR) is 92.8 cm³/mol. The molecule has 2 unspecified atom stereocenters. The van der Waals surface area contributed by atoms with Gasteiger partial charge in [-0.25, -0.2) is 13.4 Å². The molecule has 1 fully saturated rings. The first-order chi connectivity index (χ1) is 11.6. The summed E-state index contributed by atoms with van der Waals surface area (Å²) < 4.78 is 27.5. The SMILES string of the molecule is NCC(Cc1ccccc1)C1CCCCN1S(=O)(=O)c1cnc[nH]1. The normalized spacial score (nSPS) is 20.8. The van der Waals surface area contributed by atoms with Crippen LogP contribution in [0.4, 0.5) is 0 Å². The maximum atomic E-state index is 12.9. The molecule has 2 heterocycles. The van der Waals surface area contributed by atoms with Crippen molar-refractivity contribution in [2.75, 3.05) is 13.1 Å². The first kappa shape index (κ1) is 17.1. The van der Waals surface area contributed by atoms with Gasteiger partial charge < -0.3 is 10.7 Å². The molecule has 1 saturated heterocycles. The van der Waals surface area contributed by atoms with E-state index in [1.807, 2.05) is 18.2 Å². The highest BCUT2D eigenvalue weighted by Gasteiger charge is 2.38. The second-order valence-electron chi connectivity index (χ2n) is 6.28. The number of rotatable bonds is 6. The molecule has 0 aliphatic carbocycles. The molecule has 0 spiro atoms. The van der Waals surface area contributed by atoms with E-state index in [9.17, 15) is 8.42 Å². The predicted octanol–water partition coefficient (Wildman–Crippen LogP) is 1.77. The minimum absolute atomic E-state index is 0.0720. The lowest BCUT2D eigenvalue weighted by molar-refractivity contribution is 0.186. The number of hydrogen-bond donors (Lipinski definition) is 2. The van der Waals surface area contributed by atoms with E-state index < -0.39 is 10.0 Å². The topological polar surface area (TPSA) is 92.1 Å². The molecule has 0 bridgehead atoms. The maximum absolute atomic E-state index is 12.9. The Morgan fingerprint density at radius 2 is 2.08 bits per heavy atom. The van der Waals surface area contributed by atoms with Crippen LogP contribution in [0.3, 0.4) is 0 Å². The first-order valence-corrected chi connectivity index (χ1v) is 9.81. The van der Waals surface area contributed by atoms with Gasteiger partial charge in [-0.2, -0.15) is 4.31 Å². The lowest BCUT2D eigenvalue weighted by Gasteiger charge is -2.39. The molecule has 3 rings (SSSR count). The van der Waals surface area contributed by atoms with Crippen LogP contribution in [0.2, 0.25) is 0 Å². The number of aromatic nitrogens is 2. The van der Waals surface area contributed by atoms with Gasteiger partial charge in [-0.1, -0.05) is 36.8 Å². The van der Waals surface area contributed by atoms with Crippen LogP contribution >= 0.6 is 0 Å². The zero-order valence-corrected chi connectivity index (χ0v) is 14.5. The number of nitrogens with one attached hydrogen (secondary N) is 1. The van der Waals surface area contributed by atoms with Crippen molar-refractivity contribution >= 4 is 10.0 Å². The second kappa shape index (κ2) is 7.46. The molecule has 6 nitrogen and oxygen atoms in total. The van der Waals surface area contributed by atoms with Gasteiger partial charge in [-0.05, 0) is 37.3 Å². The number of H-pyrrole nitrogens is 1. The van der Waals surface area contributed by atoms with Crippen LogP contribution in [0.5, 0.6) is 0 Å². The number of nitrogens with two attached hydrogens (primary N) is 1. The van der Waals surface area contributed by atoms with Crippen LogP contribution in [0.25, 0.3) is 0 Å². The van der Waals surface area contributed by atoms with Gasteiger partial charge in [-0.15, -0.1) is 0 Å². The van der Waals surface area contributed by atoms with E-state index in [0.717, 1.165) is 25.7 Å². The molecule has 0 amide bonds. The average Bonchev–Trinajstić information content (AvgIpc) is 3.16. The van der Waals surface area contributed by atoms with Gasteiger partial charge in [0.2, 0.25) is 0 Å². The number of sulfonamides is 1. The lowest BCUT2D eigenvalue weighted by Crippen LogP contribution is -2.49. The van der Waals surface area contributed by atoms with Gasteiger partial charge >= 0.3 is 0 Å². The Morgan fingerprint density at radius 1 is 1.29 bits per heavy atom. The fourth-order valence-electron chi connectivity index (χ4n) is 3.50. The summed E-state index contributed by atoms with van der Waals surface area (Å²) >= 11 is 0. The van der Waals surface area contributed by atoms with Crippen molar-refractivity contribution in [3.8, 4) is 0 Å². The van der Waals surface area contributed by atoms with Gasteiger partial charge in [0.1, 0.15) is 0 Å². The number of hydrogen-bond acceptors (Lipinski definition) is 4. The molecule has 1 aliphatic heterocycles. The standard InChI is InChI=1S/C17H24N4O2S/c18-11-15(10-14-6-2-1-3-7-14)16-8-4-5-9-21(16)24(22,23)17-12-19-13-20-17/h1-3,6-7,12-13,15-16H,4-5,8-11,18H2,(H,19,20). The molecular formula is C17H24N4O2S. The molecule has 2 atom stereocenters. The van der Waals surface area contributed by atoms with E-state index in [2.05, 4.69) is 22.1 Å². The quantitative estimate of drug-likeness (QED) is 0.832. The Morgan fingerprint density at radius 3 is 2.75 bits per heavy atom. The molecule has 1 aromatic heterocycles. The smallest absolute Gasteiger partial charge is 0.260 e. The summed E-state index contributed by atoms with van der Waals surface area (Å²) in [7, 11) is -3.56. The molecule has 1 aliphatic rings. The summed E-state index contributed by atoms with van der Waals surface area (Å²) in [6.07, 6.45) is 6.32. The molecule has 24 heavy (non-hydrogen) atoms. The van der Waals surface area contributed by atoms with Crippen molar-refractivity contribution in [1.29, 1.82) is 0 Å². The number of aromatic amines is 1. The Bertz CT molecular complexity index is 731. The number of benzene rings is 1.